The molecule has 2 aromatic heterocycles. The van der Waals surface area contributed by atoms with Gasteiger partial charge in [-0.1, -0.05) is 17.3 Å². The van der Waals surface area contributed by atoms with E-state index in [9.17, 15) is 9.90 Å². The maximum Gasteiger partial charge on any atom is 0.190 e. The maximum absolute atomic E-state index is 10.7. The van der Waals surface area contributed by atoms with Crippen molar-refractivity contribution in [1.82, 2.24) is 10.1 Å². The fourth-order valence-corrected chi connectivity index (χ4v) is 1.69. The van der Waals surface area contributed by atoms with E-state index in [0.717, 1.165) is 5.39 Å². The zero-order valence-electron chi connectivity index (χ0n) is 8.01. The summed E-state index contributed by atoms with van der Waals surface area (Å²) < 4.78 is 4.73. The number of rotatable bonds is 1. The van der Waals surface area contributed by atoms with E-state index in [0.29, 0.717) is 16.4 Å². The lowest BCUT2D eigenvalue weighted by Crippen LogP contribution is -2.21. The number of aromatic carboxylic acids is 1. The first-order valence-corrected chi connectivity index (χ1v) is 4.62. The molecule has 16 heavy (non-hydrogen) atoms. The van der Waals surface area contributed by atoms with Crippen molar-refractivity contribution in [2.45, 2.75) is 0 Å². The largest absolute Gasteiger partial charge is 0.541 e. The Labute approximate surface area is 89.3 Å². The van der Waals surface area contributed by atoms with Crippen molar-refractivity contribution < 1.29 is 14.4 Å². The Hall–Kier alpha value is -2.43. The highest BCUT2D eigenvalue weighted by molar-refractivity contribution is 6.08. The second kappa shape index (κ2) is 3.03. The Morgan fingerprint density at radius 1 is 1.25 bits per heavy atom. The number of carbonyl (C=O) groups is 1. The normalized spacial score (nSPS) is 11.0. The Morgan fingerprint density at radius 2 is 2.12 bits per heavy atom. The minimum Gasteiger partial charge on any atom is -0.541 e. The summed E-state index contributed by atoms with van der Waals surface area (Å²) in [4.78, 5) is 14.9. The molecule has 5 nitrogen and oxygen atoms in total. The van der Waals surface area contributed by atoms with Gasteiger partial charge in [-0.05, 0) is 12.1 Å². The molecule has 0 saturated carbocycles. The van der Waals surface area contributed by atoms with E-state index >= 15 is 0 Å². The zero-order valence-corrected chi connectivity index (χ0v) is 8.01. The van der Waals surface area contributed by atoms with Gasteiger partial charge in [0.1, 0.15) is 11.5 Å². The molecule has 3 aromatic rings. The number of carbonyl (C=O) groups excluding carboxylic acids is 1. The van der Waals surface area contributed by atoms with Gasteiger partial charge in [0.05, 0.1) is 10.9 Å². The molecule has 0 saturated heterocycles. The standard InChI is InChI=1S/C11H6N2O3/c14-11(15)10-7-4-3-6-2-1-5-12-8(6)9(7)13-16-10/h1-5H,(H,14,15)/p-1. The molecular weight excluding hydrogens is 208 g/mol. The number of fused-ring (bicyclic) bond motifs is 3. The van der Waals surface area contributed by atoms with E-state index in [-0.39, 0.29) is 5.76 Å². The van der Waals surface area contributed by atoms with Crippen LogP contribution in [-0.4, -0.2) is 16.1 Å². The number of hydrogen-bond donors (Lipinski definition) is 0. The molecule has 0 aliphatic rings. The molecule has 0 spiro atoms. The van der Waals surface area contributed by atoms with E-state index in [1.165, 1.54) is 0 Å². The van der Waals surface area contributed by atoms with Gasteiger partial charge in [-0.25, -0.2) is 0 Å². The Morgan fingerprint density at radius 3 is 2.94 bits per heavy atom. The van der Waals surface area contributed by atoms with Crippen molar-refractivity contribution in [2.24, 2.45) is 0 Å². The fourth-order valence-electron chi connectivity index (χ4n) is 1.69. The summed E-state index contributed by atoms with van der Waals surface area (Å²) in [5, 5.41) is 15.7. The molecule has 1 aromatic carbocycles. The molecule has 0 aliphatic heterocycles. The number of aromatic nitrogens is 2. The lowest BCUT2D eigenvalue weighted by atomic mass is 10.1. The van der Waals surface area contributed by atoms with Gasteiger partial charge >= 0.3 is 0 Å². The predicted molar refractivity (Wildman–Crippen MR) is 53.6 cm³/mol. The number of nitrogens with zero attached hydrogens (tertiary/aromatic N) is 2. The van der Waals surface area contributed by atoms with Crippen molar-refractivity contribution in [3.63, 3.8) is 0 Å². The fraction of sp³-hybridized carbons (Fsp3) is 0. The van der Waals surface area contributed by atoms with Crippen LogP contribution < -0.4 is 5.11 Å². The average Bonchev–Trinajstić information content (AvgIpc) is 2.73. The smallest absolute Gasteiger partial charge is 0.190 e. The molecule has 0 radical (unpaired) electrons. The van der Waals surface area contributed by atoms with Crippen molar-refractivity contribution in [3.05, 3.63) is 36.2 Å². The molecule has 78 valence electrons. The molecule has 3 rings (SSSR count). The first kappa shape index (κ1) is 8.84. The van der Waals surface area contributed by atoms with Crippen molar-refractivity contribution >= 4 is 27.8 Å². The summed E-state index contributed by atoms with van der Waals surface area (Å²) >= 11 is 0. The van der Waals surface area contributed by atoms with E-state index < -0.39 is 5.97 Å². The van der Waals surface area contributed by atoms with Crippen LogP contribution in [0.5, 0.6) is 0 Å². The van der Waals surface area contributed by atoms with Crippen LogP contribution in [0.1, 0.15) is 10.6 Å². The van der Waals surface area contributed by atoms with Crippen LogP contribution in [0.25, 0.3) is 21.8 Å². The molecule has 0 atom stereocenters. The predicted octanol–water partition coefficient (Wildman–Crippen LogP) is 0.739. The monoisotopic (exact) mass is 213 g/mol. The third-order valence-corrected chi connectivity index (χ3v) is 2.41. The summed E-state index contributed by atoms with van der Waals surface area (Å²) in [6.07, 6.45) is 1.62. The summed E-state index contributed by atoms with van der Waals surface area (Å²) in [6, 6.07) is 7.08. The third-order valence-electron chi connectivity index (χ3n) is 2.41. The number of carboxylic acid groups (broad SMARTS) is 1. The molecule has 2 heterocycles. The Bertz CT molecular complexity index is 703. The van der Waals surface area contributed by atoms with Gasteiger partial charge in [0.15, 0.2) is 5.76 Å². The minimum atomic E-state index is -1.38. The highest BCUT2D eigenvalue weighted by Gasteiger charge is 2.12. The lowest BCUT2D eigenvalue weighted by Gasteiger charge is -1.97. The molecule has 0 fully saturated rings. The van der Waals surface area contributed by atoms with Crippen molar-refractivity contribution in [2.75, 3.05) is 0 Å². The van der Waals surface area contributed by atoms with E-state index in [4.69, 9.17) is 4.52 Å². The van der Waals surface area contributed by atoms with Crippen LogP contribution in [0, 0.1) is 0 Å². The third kappa shape index (κ3) is 1.08. The quantitative estimate of drug-likeness (QED) is 0.595. The molecule has 0 N–H and O–H groups in total. The zero-order chi connectivity index (χ0) is 11.1. The first-order valence-electron chi connectivity index (χ1n) is 4.62. The van der Waals surface area contributed by atoms with E-state index in [1.807, 2.05) is 6.07 Å². The maximum atomic E-state index is 10.7. The average molecular weight is 213 g/mol. The van der Waals surface area contributed by atoms with Crippen LogP contribution in [0.15, 0.2) is 35.0 Å². The van der Waals surface area contributed by atoms with Crippen molar-refractivity contribution in [3.8, 4) is 0 Å². The van der Waals surface area contributed by atoms with Crippen LogP contribution >= 0.6 is 0 Å². The van der Waals surface area contributed by atoms with Gasteiger partial charge in [0, 0.05) is 11.6 Å². The molecular formula is C11H5N2O3-. The first-order chi connectivity index (χ1) is 7.77. The van der Waals surface area contributed by atoms with Crippen LogP contribution in [0.3, 0.4) is 0 Å². The summed E-state index contributed by atoms with van der Waals surface area (Å²) in [6.45, 7) is 0. The summed E-state index contributed by atoms with van der Waals surface area (Å²) in [5.74, 6) is -1.64. The highest BCUT2D eigenvalue weighted by Crippen LogP contribution is 2.24. The topological polar surface area (TPSA) is 79.0 Å². The van der Waals surface area contributed by atoms with Crippen LogP contribution in [-0.2, 0) is 0 Å². The van der Waals surface area contributed by atoms with Crippen molar-refractivity contribution in [1.29, 1.82) is 0 Å². The van der Waals surface area contributed by atoms with Gasteiger partial charge in [-0.2, -0.15) is 0 Å². The molecule has 0 bridgehead atoms. The Kier molecular flexibility index (Phi) is 1.67. The summed E-state index contributed by atoms with van der Waals surface area (Å²) in [5.41, 5.74) is 1.06. The molecule has 0 aliphatic carbocycles. The minimum absolute atomic E-state index is 0.262. The summed E-state index contributed by atoms with van der Waals surface area (Å²) in [7, 11) is 0. The molecule has 0 amide bonds. The number of carboxylic acids is 1. The Balaban J connectivity index is 2.49. The molecule has 5 heteroatoms. The highest BCUT2D eigenvalue weighted by atomic mass is 16.5. The van der Waals surface area contributed by atoms with Gasteiger partial charge in [-0.3, -0.25) is 4.98 Å². The number of benzene rings is 1. The SMILES string of the molecule is O=C([O-])c1onc2c1ccc1cccnc12. The second-order valence-corrected chi connectivity index (χ2v) is 3.34. The van der Waals surface area contributed by atoms with Gasteiger partial charge in [-0.15, -0.1) is 0 Å². The van der Waals surface area contributed by atoms with Crippen LogP contribution in [0.4, 0.5) is 0 Å². The second-order valence-electron chi connectivity index (χ2n) is 3.34. The van der Waals surface area contributed by atoms with E-state index in [2.05, 4.69) is 10.1 Å². The van der Waals surface area contributed by atoms with Gasteiger partial charge < -0.3 is 14.4 Å². The van der Waals surface area contributed by atoms with Gasteiger partial charge in [0.2, 0.25) is 0 Å². The van der Waals surface area contributed by atoms with Crippen LogP contribution in [0.2, 0.25) is 0 Å². The van der Waals surface area contributed by atoms with E-state index in [1.54, 1.807) is 24.4 Å². The molecule has 0 unspecified atom stereocenters. The number of hydrogen-bond acceptors (Lipinski definition) is 5. The van der Waals surface area contributed by atoms with Gasteiger partial charge in [0.25, 0.3) is 0 Å². The number of pyridine rings is 1. The lowest BCUT2D eigenvalue weighted by molar-refractivity contribution is -0.257.